The van der Waals surface area contributed by atoms with Crippen molar-refractivity contribution in [3.63, 3.8) is 0 Å². The lowest BCUT2D eigenvalue weighted by molar-refractivity contribution is -0.138. The van der Waals surface area contributed by atoms with Crippen LogP contribution in [0.25, 0.3) is 0 Å². The molecule has 5 rings (SSSR count). The van der Waals surface area contributed by atoms with Gasteiger partial charge in [-0.1, -0.05) is 41.1 Å². The molecule has 1 aliphatic carbocycles. The SMILES string of the molecule is CC[C@@]12CC(C(=O)OC)=C3Nc4ccccc4[C@@]34CCN(C[C@@H](Br)[C@@H]1F)[C@@H]24. The number of nitrogens with one attached hydrogen (secondary N) is 1. The number of halogens is 2. The van der Waals surface area contributed by atoms with Crippen LogP contribution in [-0.4, -0.2) is 48.1 Å². The maximum absolute atomic E-state index is 15.8. The normalized spacial score (nSPS) is 39.5. The molecule has 0 bridgehead atoms. The van der Waals surface area contributed by atoms with Gasteiger partial charge in [0, 0.05) is 29.4 Å². The zero-order valence-electron chi connectivity index (χ0n) is 15.6. The predicted molar refractivity (Wildman–Crippen MR) is 106 cm³/mol. The van der Waals surface area contributed by atoms with Crippen LogP contribution in [0.15, 0.2) is 35.5 Å². The van der Waals surface area contributed by atoms with Crippen molar-refractivity contribution in [3.8, 4) is 0 Å². The second-order valence-electron chi connectivity index (χ2n) is 8.32. The van der Waals surface area contributed by atoms with Crippen LogP contribution in [0.5, 0.6) is 0 Å². The van der Waals surface area contributed by atoms with E-state index in [1.54, 1.807) is 0 Å². The lowest BCUT2D eigenvalue weighted by Crippen LogP contribution is -2.66. The first-order valence-electron chi connectivity index (χ1n) is 9.70. The van der Waals surface area contributed by atoms with E-state index in [0.29, 0.717) is 25.0 Å². The van der Waals surface area contributed by atoms with Gasteiger partial charge in [0.05, 0.1) is 22.9 Å². The molecule has 3 aliphatic heterocycles. The second-order valence-corrected chi connectivity index (χ2v) is 9.49. The number of carbonyl (C=O) groups excluding carboxylic acids is 1. The summed E-state index contributed by atoms with van der Waals surface area (Å²) in [5, 5.41) is 3.54. The number of fused-ring (bicyclic) bond motifs is 1. The number of nitrogens with zero attached hydrogens (tertiary/aromatic N) is 1. The molecule has 5 atom stereocenters. The Bertz CT molecular complexity index is 858. The fraction of sp³-hybridized carbons (Fsp3) is 0.571. The molecule has 0 unspecified atom stereocenters. The van der Waals surface area contributed by atoms with Crippen LogP contribution in [0, 0.1) is 5.41 Å². The molecule has 0 aromatic heterocycles. The third-order valence-corrected chi connectivity index (χ3v) is 8.21. The Morgan fingerprint density at radius 3 is 2.96 bits per heavy atom. The highest BCUT2D eigenvalue weighted by Gasteiger charge is 2.69. The van der Waals surface area contributed by atoms with Gasteiger partial charge in [-0.15, -0.1) is 0 Å². The molecule has 1 aromatic rings. The topological polar surface area (TPSA) is 41.6 Å². The Morgan fingerprint density at radius 2 is 2.22 bits per heavy atom. The highest BCUT2D eigenvalue weighted by molar-refractivity contribution is 9.09. The number of carbonyl (C=O) groups is 1. The van der Waals surface area contributed by atoms with E-state index >= 15 is 4.39 Å². The fourth-order valence-electron chi connectivity index (χ4n) is 6.45. The maximum Gasteiger partial charge on any atom is 0.335 e. The number of benzene rings is 1. The number of methoxy groups -OCH3 is 1. The number of anilines is 1. The molecule has 27 heavy (non-hydrogen) atoms. The van der Waals surface area contributed by atoms with Crippen LogP contribution in [0.1, 0.15) is 31.7 Å². The van der Waals surface area contributed by atoms with E-state index in [2.05, 4.69) is 45.2 Å². The molecule has 0 radical (unpaired) electrons. The van der Waals surface area contributed by atoms with E-state index in [-0.39, 0.29) is 22.3 Å². The monoisotopic (exact) mass is 434 g/mol. The van der Waals surface area contributed by atoms with Gasteiger partial charge in [-0.3, -0.25) is 4.90 Å². The minimum absolute atomic E-state index is 0.0540. The summed E-state index contributed by atoms with van der Waals surface area (Å²) in [6.45, 7) is 3.68. The van der Waals surface area contributed by atoms with Gasteiger partial charge in [-0.25, -0.2) is 9.18 Å². The van der Waals surface area contributed by atoms with Crippen LogP contribution in [-0.2, 0) is 14.9 Å². The van der Waals surface area contributed by atoms with E-state index in [4.69, 9.17) is 4.74 Å². The predicted octanol–water partition coefficient (Wildman–Crippen LogP) is 3.77. The molecule has 0 amide bonds. The number of alkyl halides is 2. The molecule has 1 aromatic carbocycles. The van der Waals surface area contributed by atoms with Crippen molar-refractivity contribution in [2.45, 2.75) is 48.6 Å². The van der Waals surface area contributed by atoms with E-state index in [1.165, 1.54) is 12.7 Å². The van der Waals surface area contributed by atoms with E-state index in [0.717, 1.165) is 24.4 Å². The summed E-state index contributed by atoms with van der Waals surface area (Å²) in [5.41, 5.74) is 2.86. The molecule has 4 nitrogen and oxygen atoms in total. The molecular formula is C21H24BrFN2O2. The summed E-state index contributed by atoms with van der Waals surface area (Å²) in [6.07, 6.45) is 0.993. The fourth-order valence-corrected chi connectivity index (χ4v) is 7.35. The van der Waals surface area contributed by atoms with Gasteiger partial charge in [-0.05, 0) is 37.4 Å². The summed E-state index contributed by atoms with van der Waals surface area (Å²) in [7, 11) is 1.41. The largest absolute Gasteiger partial charge is 0.466 e. The number of ether oxygens (including phenoxy) is 1. The summed E-state index contributed by atoms with van der Waals surface area (Å²) in [4.78, 5) is 15.0. The first-order chi connectivity index (χ1) is 13.0. The standard InChI is InChI=1S/C21H24BrFN2O2/c1-3-20-10-12(18(26)27-2)17-21(13-6-4-5-7-15(13)24-17)8-9-25(19(20)21)11-14(22)16(20)23/h4-7,14,16,19,24H,3,8-11H2,1-2H3/t14-,16+,19+,20-,21+/m1/s1. The van der Waals surface area contributed by atoms with Gasteiger partial charge in [0.2, 0.25) is 0 Å². The zero-order valence-corrected chi connectivity index (χ0v) is 17.2. The number of rotatable bonds is 2. The third-order valence-electron chi connectivity index (χ3n) is 7.46. The highest BCUT2D eigenvalue weighted by Crippen LogP contribution is 2.66. The minimum atomic E-state index is -1.01. The average molecular weight is 435 g/mol. The lowest BCUT2D eigenvalue weighted by Gasteiger charge is -2.58. The quantitative estimate of drug-likeness (QED) is 0.568. The molecule has 1 spiro atoms. The van der Waals surface area contributed by atoms with E-state index in [9.17, 15) is 4.79 Å². The Morgan fingerprint density at radius 1 is 1.44 bits per heavy atom. The molecule has 1 N–H and O–H groups in total. The van der Waals surface area contributed by atoms with Gasteiger partial charge in [-0.2, -0.15) is 0 Å². The average Bonchev–Trinajstić information content (AvgIpc) is 3.24. The molecule has 144 valence electrons. The Balaban J connectivity index is 1.82. The number of hydrogen-bond acceptors (Lipinski definition) is 4. The van der Waals surface area contributed by atoms with E-state index < -0.39 is 11.6 Å². The van der Waals surface area contributed by atoms with Crippen LogP contribution >= 0.6 is 15.9 Å². The van der Waals surface area contributed by atoms with Crippen molar-refractivity contribution in [2.24, 2.45) is 5.41 Å². The lowest BCUT2D eigenvalue weighted by atomic mass is 9.53. The van der Waals surface area contributed by atoms with E-state index in [1.807, 2.05) is 12.1 Å². The van der Waals surface area contributed by atoms with Gasteiger partial charge in [0.15, 0.2) is 0 Å². The summed E-state index contributed by atoms with van der Waals surface area (Å²) in [5.74, 6) is -0.335. The third kappa shape index (κ3) is 1.98. The van der Waals surface area contributed by atoms with Crippen molar-refractivity contribution in [1.29, 1.82) is 0 Å². The maximum atomic E-state index is 15.8. The van der Waals surface area contributed by atoms with Gasteiger partial charge in [0.1, 0.15) is 6.17 Å². The van der Waals surface area contributed by atoms with Crippen molar-refractivity contribution >= 4 is 27.6 Å². The number of para-hydroxylation sites is 1. The van der Waals surface area contributed by atoms with Gasteiger partial charge >= 0.3 is 5.97 Å². The molecule has 4 aliphatic rings. The molecule has 6 heteroatoms. The molecule has 2 saturated heterocycles. The van der Waals surface area contributed by atoms with Gasteiger partial charge < -0.3 is 10.1 Å². The van der Waals surface area contributed by atoms with Crippen molar-refractivity contribution < 1.29 is 13.9 Å². The van der Waals surface area contributed by atoms with Crippen LogP contribution in [0.2, 0.25) is 0 Å². The number of piperidine rings is 1. The molecule has 3 heterocycles. The van der Waals surface area contributed by atoms with Crippen molar-refractivity contribution in [3.05, 3.63) is 41.1 Å². The Hall–Kier alpha value is -1.40. The molecular weight excluding hydrogens is 411 g/mol. The first kappa shape index (κ1) is 17.7. The van der Waals surface area contributed by atoms with Crippen molar-refractivity contribution in [2.75, 3.05) is 25.5 Å². The van der Waals surface area contributed by atoms with Gasteiger partial charge in [0.25, 0.3) is 0 Å². The molecule has 0 saturated carbocycles. The number of hydrogen-bond donors (Lipinski definition) is 1. The summed E-state index contributed by atoms with van der Waals surface area (Å²) in [6, 6.07) is 8.31. The highest BCUT2D eigenvalue weighted by atomic mass is 79.9. The summed E-state index contributed by atoms with van der Waals surface area (Å²) >= 11 is 3.60. The van der Waals surface area contributed by atoms with Crippen LogP contribution < -0.4 is 5.32 Å². The van der Waals surface area contributed by atoms with Crippen LogP contribution in [0.4, 0.5) is 10.1 Å². The summed E-state index contributed by atoms with van der Waals surface area (Å²) < 4.78 is 21.0. The second kappa shape index (κ2) is 5.80. The minimum Gasteiger partial charge on any atom is -0.466 e. The first-order valence-corrected chi connectivity index (χ1v) is 10.6. The Kier molecular flexibility index (Phi) is 3.80. The smallest absolute Gasteiger partial charge is 0.335 e. The van der Waals surface area contributed by atoms with Crippen LogP contribution in [0.3, 0.4) is 0 Å². The van der Waals surface area contributed by atoms with Crippen molar-refractivity contribution in [1.82, 2.24) is 4.90 Å². The Labute approximate surface area is 167 Å². The zero-order chi connectivity index (χ0) is 19.0. The number of esters is 1. The molecule has 2 fully saturated rings.